The topological polar surface area (TPSA) is 104 Å². The molecule has 0 aromatic heterocycles. The van der Waals surface area contributed by atoms with Gasteiger partial charge in [-0.05, 0) is 37.4 Å². The number of halogens is 1. The number of benzene rings is 2. The molecule has 0 bridgehead atoms. The summed E-state index contributed by atoms with van der Waals surface area (Å²) in [4.78, 5) is 24.0. The van der Waals surface area contributed by atoms with E-state index in [2.05, 4.69) is 15.6 Å². The lowest BCUT2D eigenvalue weighted by molar-refractivity contribution is 0.0846. The monoisotopic (exact) mass is 367 g/mol. The second-order valence-corrected chi connectivity index (χ2v) is 6.92. The Labute approximate surface area is 144 Å². The molecule has 9 heteroatoms. The molecule has 0 atom stereocenters. The molecule has 0 aliphatic heterocycles. The van der Waals surface area contributed by atoms with Gasteiger partial charge in [0, 0.05) is 5.56 Å². The van der Waals surface area contributed by atoms with Gasteiger partial charge in [-0.1, -0.05) is 29.8 Å². The van der Waals surface area contributed by atoms with Gasteiger partial charge in [-0.15, -0.1) is 0 Å². The number of carbonyl (C=O) groups excluding carboxylic acids is 2. The largest absolute Gasteiger partial charge is 0.271 e. The van der Waals surface area contributed by atoms with Crippen molar-refractivity contribution < 1.29 is 18.0 Å². The van der Waals surface area contributed by atoms with E-state index in [1.807, 2.05) is 0 Å². The van der Waals surface area contributed by atoms with Crippen LogP contribution in [0.4, 0.5) is 0 Å². The molecule has 2 aromatic carbocycles. The number of nitrogens with one attached hydrogen (secondary N) is 3. The number of amides is 2. The molecule has 3 N–H and O–H groups in total. The molecule has 0 saturated carbocycles. The first-order chi connectivity index (χ1) is 11.3. The predicted octanol–water partition coefficient (Wildman–Crippen LogP) is 1.32. The molecule has 2 amide bonds. The van der Waals surface area contributed by atoms with Crippen molar-refractivity contribution in [2.24, 2.45) is 0 Å². The standard InChI is InChI=1S/C15H14ClN3O4S/c1-17-24(22,23)11-6-4-5-10(9-11)14(20)18-19-15(21)12-7-2-3-8-13(12)16/h2-9,17H,1H3,(H,18,20)(H,19,21). The van der Waals surface area contributed by atoms with Gasteiger partial charge >= 0.3 is 0 Å². The molecule has 24 heavy (non-hydrogen) atoms. The van der Waals surface area contributed by atoms with Crippen LogP contribution in [-0.4, -0.2) is 27.3 Å². The second-order valence-electron chi connectivity index (χ2n) is 4.62. The fourth-order valence-electron chi connectivity index (χ4n) is 1.82. The maximum absolute atomic E-state index is 12.1. The van der Waals surface area contributed by atoms with Gasteiger partial charge in [0.2, 0.25) is 10.0 Å². The molecule has 0 aliphatic carbocycles. The Morgan fingerprint density at radius 1 is 0.958 bits per heavy atom. The smallest absolute Gasteiger partial charge is 0.267 e. The van der Waals surface area contributed by atoms with Crippen molar-refractivity contribution in [1.82, 2.24) is 15.6 Å². The summed E-state index contributed by atoms with van der Waals surface area (Å²) in [5.74, 6) is -1.25. The predicted molar refractivity (Wildman–Crippen MR) is 89.1 cm³/mol. The molecule has 0 unspecified atom stereocenters. The number of carbonyl (C=O) groups is 2. The van der Waals surface area contributed by atoms with E-state index in [4.69, 9.17) is 11.6 Å². The van der Waals surface area contributed by atoms with Gasteiger partial charge in [-0.2, -0.15) is 0 Å². The third-order valence-electron chi connectivity index (χ3n) is 3.08. The summed E-state index contributed by atoms with van der Waals surface area (Å²) >= 11 is 5.89. The van der Waals surface area contributed by atoms with E-state index >= 15 is 0 Å². The first-order valence-electron chi connectivity index (χ1n) is 6.74. The molecule has 0 aliphatic rings. The molecular weight excluding hydrogens is 354 g/mol. The van der Waals surface area contributed by atoms with Gasteiger partial charge < -0.3 is 0 Å². The Morgan fingerprint density at radius 2 is 1.62 bits per heavy atom. The van der Waals surface area contributed by atoms with Crippen molar-refractivity contribution in [3.63, 3.8) is 0 Å². The third kappa shape index (κ3) is 4.10. The lowest BCUT2D eigenvalue weighted by Crippen LogP contribution is -2.41. The van der Waals surface area contributed by atoms with E-state index < -0.39 is 21.8 Å². The summed E-state index contributed by atoms with van der Waals surface area (Å²) in [7, 11) is -2.40. The second kappa shape index (κ2) is 7.43. The fourth-order valence-corrected chi connectivity index (χ4v) is 2.82. The maximum atomic E-state index is 12.1. The maximum Gasteiger partial charge on any atom is 0.271 e. The van der Waals surface area contributed by atoms with Gasteiger partial charge in [0.1, 0.15) is 0 Å². The van der Waals surface area contributed by atoms with Crippen LogP contribution in [0.5, 0.6) is 0 Å². The van der Waals surface area contributed by atoms with Crippen molar-refractivity contribution in [2.45, 2.75) is 4.90 Å². The van der Waals surface area contributed by atoms with Crippen LogP contribution in [0.2, 0.25) is 5.02 Å². The van der Waals surface area contributed by atoms with Crippen molar-refractivity contribution in [3.8, 4) is 0 Å². The van der Waals surface area contributed by atoms with Crippen LogP contribution in [0.3, 0.4) is 0 Å². The minimum absolute atomic E-state index is 0.0601. The average molecular weight is 368 g/mol. The first-order valence-corrected chi connectivity index (χ1v) is 8.60. The van der Waals surface area contributed by atoms with E-state index in [0.29, 0.717) is 0 Å². The van der Waals surface area contributed by atoms with Crippen LogP contribution in [0, 0.1) is 0 Å². The van der Waals surface area contributed by atoms with Crippen molar-refractivity contribution >= 4 is 33.4 Å². The summed E-state index contributed by atoms with van der Waals surface area (Å²) < 4.78 is 25.6. The van der Waals surface area contributed by atoms with Gasteiger partial charge in [0.05, 0.1) is 15.5 Å². The first kappa shape index (κ1) is 17.9. The van der Waals surface area contributed by atoms with Crippen LogP contribution in [-0.2, 0) is 10.0 Å². The fraction of sp³-hybridized carbons (Fsp3) is 0.0667. The van der Waals surface area contributed by atoms with Gasteiger partial charge in [0.25, 0.3) is 11.8 Å². The molecule has 0 heterocycles. The number of rotatable bonds is 4. The molecule has 126 valence electrons. The number of sulfonamides is 1. The molecule has 0 fully saturated rings. The molecule has 0 saturated heterocycles. The summed E-state index contributed by atoms with van der Waals surface area (Å²) in [6.45, 7) is 0. The Balaban J connectivity index is 2.10. The highest BCUT2D eigenvalue weighted by atomic mass is 35.5. The third-order valence-corrected chi connectivity index (χ3v) is 4.82. The van der Waals surface area contributed by atoms with Crippen molar-refractivity contribution in [3.05, 3.63) is 64.7 Å². The van der Waals surface area contributed by atoms with Gasteiger partial charge in [-0.25, -0.2) is 13.1 Å². The quantitative estimate of drug-likeness (QED) is 0.709. The minimum atomic E-state index is -3.67. The lowest BCUT2D eigenvalue weighted by Gasteiger charge is -2.09. The number of hydrogen-bond acceptors (Lipinski definition) is 4. The summed E-state index contributed by atoms with van der Waals surface area (Å²) in [6.07, 6.45) is 0. The van der Waals surface area contributed by atoms with Crippen LogP contribution < -0.4 is 15.6 Å². The van der Waals surface area contributed by atoms with E-state index in [0.717, 1.165) is 0 Å². The zero-order chi connectivity index (χ0) is 17.7. The van der Waals surface area contributed by atoms with E-state index in [1.165, 1.54) is 37.4 Å². The van der Waals surface area contributed by atoms with Gasteiger partial charge in [-0.3, -0.25) is 20.4 Å². The summed E-state index contributed by atoms with van der Waals surface area (Å²) in [6, 6.07) is 11.8. The zero-order valence-electron chi connectivity index (χ0n) is 12.5. The Bertz CT molecular complexity index is 884. The number of hydrazine groups is 1. The average Bonchev–Trinajstić information content (AvgIpc) is 2.60. The normalized spacial score (nSPS) is 10.9. The zero-order valence-corrected chi connectivity index (χ0v) is 14.1. The van der Waals surface area contributed by atoms with E-state index in [1.54, 1.807) is 18.2 Å². The molecular formula is C15H14ClN3O4S. The van der Waals surface area contributed by atoms with Crippen molar-refractivity contribution in [2.75, 3.05) is 7.05 Å². The molecule has 7 nitrogen and oxygen atoms in total. The molecule has 2 aromatic rings. The van der Waals surface area contributed by atoms with Crippen LogP contribution in [0.1, 0.15) is 20.7 Å². The Kier molecular flexibility index (Phi) is 5.55. The van der Waals surface area contributed by atoms with Crippen LogP contribution in [0.25, 0.3) is 0 Å². The molecule has 0 spiro atoms. The highest BCUT2D eigenvalue weighted by molar-refractivity contribution is 7.89. The highest BCUT2D eigenvalue weighted by Gasteiger charge is 2.15. The van der Waals surface area contributed by atoms with E-state index in [-0.39, 0.29) is 21.0 Å². The SMILES string of the molecule is CNS(=O)(=O)c1cccc(C(=O)NNC(=O)c2ccccc2Cl)c1. The van der Waals surface area contributed by atoms with Gasteiger partial charge in [0.15, 0.2) is 0 Å². The lowest BCUT2D eigenvalue weighted by atomic mass is 10.2. The summed E-state index contributed by atoms with van der Waals surface area (Å²) in [5.41, 5.74) is 4.71. The van der Waals surface area contributed by atoms with Crippen molar-refractivity contribution in [1.29, 1.82) is 0 Å². The van der Waals surface area contributed by atoms with Crippen LogP contribution in [0.15, 0.2) is 53.4 Å². The number of hydrogen-bond donors (Lipinski definition) is 3. The molecule has 2 rings (SSSR count). The highest BCUT2D eigenvalue weighted by Crippen LogP contribution is 2.14. The Hall–Kier alpha value is -2.42. The van der Waals surface area contributed by atoms with E-state index in [9.17, 15) is 18.0 Å². The minimum Gasteiger partial charge on any atom is -0.267 e. The molecule has 0 radical (unpaired) electrons. The van der Waals surface area contributed by atoms with Crippen LogP contribution >= 0.6 is 11.6 Å². The Morgan fingerprint density at radius 3 is 2.29 bits per heavy atom. The summed E-state index contributed by atoms with van der Waals surface area (Å²) in [5, 5.41) is 0.242.